The fraction of sp³-hybridized carbons (Fsp3) is 0.520. The Morgan fingerprint density at radius 3 is 2.60 bits per heavy atom. The third-order valence-corrected chi connectivity index (χ3v) is 5.83. The second-order valence-electron chi connectivity index (χ2n) is 9.23. The molecular formula is C25H35N3O2. The van der Waals surface area contributed by atoms with Crippen molar-refractivity contribution in [3.05, 3.63) is 59.9 Å². The van der Waals surface area contributed by atoms with Crippen LogP contribution in [0.25, 0.3) is 0 Å². The van der Waals surface area contributed by atoms with Crippen LogP contribution in [0, 0.1) is 5.41 Å². The first kappa shape index (κ1) is 22.3. The molecule has 1 N–H and O–H groups in total. The van der Waals surface area contributed by atoms with Gasteiger partial charge in [0.1, 0.15) is 5.75 Å². The molecule has 5 heteroatoms. The maximum absolute atomic E-state index is 12.8. The van der Waals surface area contributed by atoms with Crippen molar-refractivity contribution in [2.75, 3.05) is 13.7 Å². The van der Waals surface area contributed by atoms with Gasteiger partial charge in [-0.2, -0.15) is 0 Å². The molecule has 2 atom stereocenters. The topological polar surface area (TPSA) is 54.5 Å². The summed E-state index contributed by atoms with van der Waals surface area (Å²) < 4.78 is 5.29. The van der Waals surface area contributed by atoms with Gasteiger partial charge in [0.15, 0.2) is 0 Å². The van der Waals surface area contributed by atoms with Crippen LogP contribution in [0.15, 0.2) is 48.7 Å². The zero-order valence-corrected chi connectivity index (χ0v) is 18.7. The highest BCUT2D eigenvalue weighted by molar-refractivity contribution is 5.81. The van der Waals surface area contributed by atoms with Gasteiger partial charge in [0.2, 0.25) is 5.91 Å². The van der Waals surface area contributed by atoms with Gasteiger partial charge in [-0.1, -0.05) is 45.4 Å². The summed E-state index contributed by atoms with van der Waals surface area (Å²) in [6.45, 7) is 7.85. The molecular weight excluding hydrogens is 374 g/mol. The van der Waals surface area contributed by atoms with E-state index in [-0.39, 0.29) is 11.9 Å². The summed E-state index contributed by atoms with van der Waals surface area (Å²) in [5, 5.41) is 3.28. The fourth-order valence-corrected chi connectivity index (χ4v) is 3.98. The largest absolute Gasteiger partial charge is 0.497 e. The lowest BCUT2D eigenvalue weighted by atomic mass is 9.91. The number of nitrogens with zero attached hydrogens (tertiary/aromatic N) is 2. The number of carbonyl (C=O) groups excluding carboxylic acids is 1. The van der Waals surface area contributed by atoms with E-state index >= 15 is 0 Å². The lowest BCUT2D eigenvalue weighted by Gasteiger charge is -2.38. The lowest BCUT2D eigenvalue weighted by molar-refractivity contribution is -0.129. The normalized spacial score (nSPS) is 18.6. The average molecular weight is 410 g/mol. The molecule has 0 spiro atoms. The van der Waals surface area contributed by atoms with E-state index in [9.17, 15) is 4.79 Å². The molecule has 1 aliphatic heterocycles. The lowest BCUT2D eigenvalue weighted by Crippen LogP contribution is -2.44. The molecule has 1 aromatic carbocycles. The van der Waals surface area contributed by atoms with Crippen molar-refractivity contribution in [1.82, 2.24) is 15.2 Å². The summed E-state index contributed by atoms with van der Waals surface area (Å²) in [5.74, 6) is 0.949. The SMILES string of the molecule is COc1ccc(CN2CCCCC2CC(NC(=O)C(C)(C)C)c2ccccn2)cc1. The summed E-state index contributed by atoms with van der Waals surface area (Å²) in [4.78, 5) is 19.9. The zero-order valence-electron chi connectivity index (χ0n) is 18.7. The van der Waals surface area contributed by atoms with Crippen molar-refractivity contribution in [2.24, 2.45) is 5.41 Å². The molecule has 162 valence electrons. The maximum Gasteiger partial charge on any atom is 0.225 e. The van der Waals surface area contributed by atoms with E-state index in [4.69, 9.17) is 4.74 Å². The predicted octanol–water partition coefficient (Wildman–Crippen LogP) is 4.74. The summed E-state index contributed by atoms with van der Waals surface area (Å²) in [6, 6.07) is 14.6. The average Bonchev–Trinajstić information content (AvgIpc) is 2.75. The van der Waals surface area contributed by atoms with Crippen LogP contribution in [0.4, 0.5) is 0 Å². The van der Waals surface area contributed by atoms with Gasteiger partial charge in [0.05, 0.1) is 18.8 Å². The summed E-state index contributed by atoms with van der Waals surface area (Å²) in [6.07, 6.45) is 6.27. The highest BCUT2D eigenvalue weighted by Gasteiger charge is 2.30. The standard InChI is InChI=1S/C25H35N3O2/c1-25(2,3)24(29)27-23(22-10-5-7-15-26-22)17-20-9-6-8-16-28(20)18-19-11-13-21(30-4)14-12-19/h5,7,10-15,20,23H,6,8-9,16-18H2,1-4H3,(H,27,29). The van der Waals surface area contributed by atoms with Gasteiger partial charge in [-0.25, -0.2) is 0 Å². The molecule has 1 saturated heterocycles. The Kier molecular flexibility index (Phi) is 7.48. The molecule has 1 aromatic heterocycles. The fourth-order valence-electron chi connectivity index (χ4n) is 3.98. The van der Waals surface area contributed by atoms with Crippen LogP contribution < -0.4 is 10.1 Å². The van der Waals surface area contributed by atoms with Crippen LogP contribution in [-0.2, 0) is 11.3 Å². The molecule has 2 unspecified atom stereocenters. The van der Waals surface area contributed by atoms with Crippen molar-refractivity contribution in [1.29, 1.82) is 0 Å². The minimum Gasteiger partial charge on any atom is -0.497 e. The van der Waals surface area contributed by atoms with Gasteiger partial charge in [-0.15, -0.1) is 0 Å². The van der Waals surface area contributed by atoms with E-state index in [1.165, 1.54) is 18.4 Å². The number of aromatic nitrogens is 1. The number of methoxy groups -OCH3 is 1. The molecule has 0 aliphatic carbocycles. The molecule has 3 rings (SSSR count). The minimum absolute atomic E-state index is 0.0654. The monoisotopic (exact) mass is 409 g/mol. The molecule has 30 heavy (non-hydrogen) atoms. The number of piperidine rings is 1. The van der Waals surface area contributed by atoms with Crippen molar-refractivity contribution >= 4 is 5.91 Å². The Bertz CT molecular complexity index is 799. The molecule has 2 aromatic rings. The molecule has 0 radical (unpaired) electrons. The first-order valence-electron chi connectivity index (χ1n) is 11.0. The highest BCUT2D eigenvalue weighted by atomic mass is 16.5. The number of ether oxygens (including phenoxy) is 1. The summed E-state index contributed by atoms with van der Waals surface area (Å²) in [5.41, 5.74) is 1.79. The van der Waals surface area contributed by atoms with Crippen molar-refractivity contribution in [3.63, 3.8) is 0 Å². The van der Waals surface area contributed by atoms with E-state index < -0.39 is 5.41 Å². The summed E-state index contributed by atoms with van der Waals surface area (Å²) >= 11 is 0. The number of pyridine rings is 1. The smallest absolute Gasteiger partial charge is 0.225 e. The van der Waals surface area contributed by atoms with Gasteiger partial charge in [-0.05, 0) is 55.6 Å². The van der Waals surface area contributed by atoms with Gasteiger partial charge >= 0.3 is 0 Å². The van der Waals surface area contributed by atoms with Crippen LogP contribution in [0.1, 0.15) is 63.8 Å². The number of likely N-dealkylation sites (tertiary alicyclic amines) is 1. The van der Waals surface area contributed by atoms with Gasteiger partial charge in [0, 0.05) is 24.2 Å². The summed E-state index contributed by atoms with van der Waals surface area (Å²) in [7, 11) is 1.69. The van der Waals surface area contributed by atoms with Crippen LogP contribution in [0.5, 0.6) is 5.75 Å². The van der Waals surface area contributed by atoms with E-state index in [0.29, 0.717) is 6.04 Å². The number of rotatable bonds is 7. The minimum atomic E-state index is -0.428. The Morgan fingerprint density at radius 1 is 1.20 bits per heavy atom. The van der Waals surface area contributed by atoms with Crippen molar-refractivity contribution in [2.45, 2.75) is 65.1 Å². The molecule has 1 aliphatic rings. The molecule has 0 bridgehead atoms. The molecule has 5 nitrogen and oxygen atoms in total. The molecule has 0 saturated carbocycles. The molecule has 1 fully saturated rings. The predicted molar refractivity (Wildman–Crippen MR) is 120 cm³/mol. The number of hydrogen-bond donors (Lipinski definition) is 1. The second kappa shape index (κ2) is 10.1. The number of benzene rings is 1. The maximum atomic E-state index is 12.8. The molecule has 1 amide bonds. The van der Waals surface area contributed by atoms with E-state index in [1.807, 2.05) is 57.3 Å². The van der Waals surface area contributed by atoms with Crippen LogP contribution >= 0.6 is 0 Å². The first-order chi connectivity index (χ1) is 14.4. The van der Waals surface area contributed by atoms with Gasteiger partial charge in [-0.3, -0.25) is 14.7 Å². The first-order valence-corrected chi connectivity index (χ1v) is 11.0. The van der Waals surface area contributed by atoms with Crippen LogP contribution in [0.3, 0.4) is 0 Å². The molecule has 2 heterocycles. The van der Waals surface area contributed by atoms with E-state index in [2.05, 4.69) is 27.3 Å². The van der Waals surface area contributed by atoms with Crippen molar-refractivity contribution < 1.29 is 9.53 Å². The van der Waals surface area contributed by atoms with Crippen LogP contribution in [-0.4, -0.2) is 35.5 Å². The van der Waals surface area contributed by atoms with Crippen LogP contribution in [0.2, 0.25) is 0 Å². The third-order valence-electron chi connectivity index (χ3n) is 5.83. The van der Waals surface area contributed by atoms with Gasteiger partial charge in [0.25, 0.3) is 0 Å². The second-order valence-corrected chi connectivity index (χ2v) is 9.23. The Labute approximate surface area is 180 Å². The van der Waals surface area contributed by atoms with Gasteiger partial charge < -0.3 is 10.1 Å². The van der Waals surface area contributed by atoms with Crippen molar-refractivity contribution in [3.8, 4) is 5.75 Å². The Morgan fingerprint density at radius 2 is 1.97 bits per heavy atom. The Hall–Kier alpha value is -2.40. The number of nitrogens with one attached hydrogen (secondary N) is 1. The van der Waals surface area contributed by atoms with E-state index in [1.54, 1.807) is 7.11 Å². The van der Waals surface area contributed by atoms with E-state index in [0.717, 1.165) is 37.4 Å². The Balaban J connectivity index is 1.75. The zero-order chi connectivity index (χ0) is 21.6. The number of hydrogen-bond acceptors (Lipinski definition) is 4. The number of amides is 1. The third kappa shape index (κ3) is 6.05. The number of carbonyl (C=O) groups is 1. The quantitative estimate of drug-likeness (QED) is 0.718. The highest BCUT2D eigenvalue weighted by Crippen LogP contribution is 2.29.